The molecule has 0 heterocycles. The molecule has 4 unspecified atom stereocenters. The molecule has 3 rings (SSSR count). The van der Waals surface area contributed by atoms with E-state index in [2.05, 4.69) is 76.2 Å². The summed E-state index contributed by atoms with van der Waals surface area (Å²) in [5.41, 5.74) is 1.61. The molecule has 0 aliphatic heterocycles. The van der Waals surface area contributed by atoms with Crippen molar-refractivity contribution in [2.75, 3.05) is 0 Å². The SMILES string of the molecule is CC(C)(C)C1CCC(C(C)(C)C)C1.CC(C)C1C[C@H]2C[C@@H]1CC2C(C)(C)C. The molecule has 3 aliphatic carbocycles. The van der Waals surface area contributed by atoms with Gasteiger partial charge in [-0.25, -0.2) is 0 Å². The Morgan fingerprint density at radius 1 is 0.556 bits per heavy atom. The van der Waals surface area contributed by atoms with Gasteiger partial charge >= 0.3 is 0 Å². The first-order valence-electron chi connectivity index (χ1n) is 12.1. The number of hydrogen-bond donors (Lipinski definition) is 0. The molecule has 0 amide bonds. The van der Waals surface area contributed by atoms with E-state index in [1.165, 1.54) is 32.1 Å². The quantitative estimate of drug-likeness (QED) is 0.428. The van der Waals surface area contributed by atoms with E-state index in [0.29, 0.717) is 16.2 Å². The first kappa shape index (κ1) is 23.3. The third-order valence-electron chi connectivity index (χ3n) is 8.76. The minimum absolute atomic E-state index is 0.528. The van der Waals surface area contributed by atoms with E-state index in [1.54, 1.807) is 6.42 Å². The summed E-state index contributed by atoms with van der Waals surface area (Å²) in [6, 6.07) is 0. The van der Waals surface area contributed by atoms with Crippen molar-refractivity contribution < 1.29 is 0 Å². The molecule has 0 radical (unpaired) electrons. The van der Waals surface area contributed by atoms with Crippen molar-refractivity contribution in [2.24, 2.45) is 57.7 Å². The lowest BCUT2D eigenvalue weighted by Gasteiger charge is -2.37. The fourth-order valence-electron chi connectivity index (χ4n) is 6.75. The molecule has 0 nitrogen and oxygen atoms in total. The van der Waals surface area contributed by atoms with E-state index >= 15 is 0 Å². The van der Waals surface area contributed by atoms with E-state index in [0.717, 1.165) is 41.4 Å². The zero-order valence-corrected chi connectivity index (χ0v) is 20.8. The molecular weight excluding hydrogens is 324 g/mol. The van der Waals surface area contributed by atoms with Gasteiger partial charge in [-0.3, -0.25) is 0 Å². The van der Waals surface area contributed by atoms with Crippen molar-refractivity contribution in [2.45, 2.75) is 115 Å². The Balaban J connectivity index is 0.000000194. The van der Waals surface area contributed by atoms with Crippen LogP contribution in [0.5, 0.6) is 0 Å². The van der Waals surface area contributed by atoms with Crippen LogP contribution in [0.25, 0.3) is 0 Å². The molecule has 6 atom stereocenters. The number of fused-ring (bicyclic) bond motifs is 2. The van der Waals surface area contributed by atoms with Gasteiger partial charge in [-0.2, -0.15) is 0 Å². The summed E-state index contributed by atoms with van der Waals surface area (Å²) >= 11 is 0. The average Bonchev–Trinajstić information content (AvgIpc) is 3.20. The second kappa shape index (κ2) is 8.02. The Morgan fingerprint density at radius 3 is 1.30 bits per heavy atom. The van der Waals surface area contributed by atoms with E-state index < -0.39 is 0 Å². The summed E-state index contributed by atoms with van der Waals surface area (Å²) < 4.78 is 0. The predicted molar refractivity (Wildman–Crippen MR) is 122 cm³/mol. The van der Waals surface area contributed by atoms with Crippen LogP contribution in [-0.2, 0) is 0 Å². The summed E-state index contributed by atoms with van der Waals surface area (Å²) in [6.45, 7) is 26.5. The zero-order chi connectivity index (χ0) is 20.8. The van der Waals surface area contributed by atoms with Gasteiger partial charge in [0.2, 0.25) is 0 Å². The lowest BCUT2D eigenvalue weighted by atomic mass is 9.68. The topological polar surface area (TPSA) is 0 Å². The molecule has 0 heteroatoms. The normalized spacial score (nSPS) is 36.9. The fraction of sp³-hybridized carbons (Fsp3) is 1.00. The Labute approximate surface area is 172 Å². The molecule has 0 aromatic carbocycles. The molecule has 3 saturated carbocycles. The van der Waals surface area contributed by atoms with Gasteiger partial charge in [-0.1, -0.05) is 76.2 Å². The maximum atomic E-state index is 2.43. The first-order chi connectivity index (χ1) is 12.1. The van der Waals surface area contributed by atoms with Crippen LogP contribution in [0.1, 0.15) is 115 Å². The highest BCUT2D eigenvalue weighted by Gasteiger charge is 2.49. The van der Waals surface area contributed by atoms with Gasteiger partial charge in [-0.15, -0.1) is 0 Å². The predicted octanol–water partition coefficient (Wildman–Crippen LogP) is 8.85. The molecule has 0 aromatic rings. The van der Waals surface area contributed by atoms with E-state index in [1.807, 2.05) is 0 Å². The second-order valence-electron chi connectivity index (χ2n) is 14.0. The van der Waals surface area contributed by atoms with Gasteiger partial charge in [0.05, 0.1) is 0 Å². The minimum atomic E-state index is 0.528. The molecule has 3 aliphatic rings. The maximum absolute atomic E-state index is 2.43. The van der Waals surface area contributed by atoms with Crippen molar-refractivity contribution in [3.05, 3.63) is 0 Å². The van der Waals surface area contributed by atoms with Crippen molar-refractivity contribution in [3.8, 4) is 0 Å². The Morgan fingerprint density at radius 2 is 1.04 bits per heavy atom. The summed E-state index contributed by atoms with van der Waals surface area (Å²) in [5, 5.41) is 0. The van der Waals surface area contributed by atoms with Crippen LogP contribution in [0.15, 0.2) is 0 Å². The highest BCUT2D eigenvalue weighted by atomic mass is 14.5. The van der Waals surface area contributed by atoms with Crippen LogP contribution in [0, 0.1) is 57.7 Å². The van der Waals surface area contributed by atoms with E-state index in [-0.39, 0.29) is 0 Å². The van der Waals surface area contributed by atoms with Crippen molar-refractivity contribution in [1.29, 1.82) is 0 Å². The van der Waals surface area contributed by atoms with Crippen LogP contribution in [-0.4, -0.2) is 0 Å². The van der Waals surface area contributed by atoms with Crippen LogP contribution in [0.3, 0.4) is 0 Å². The molecule has 0 N–H and O–H groups in total. The number of rotatable bonds is 1. The third-order valence-corrected chi connectivity index (χ3v) is 8.76. The molecule has 2 bridgehead atoms. The maximum Gasteiger partial charge on any atom is -0.0334 e. The fourth-order valence-corrected chi connectivity index (χ4v) is 6.75. The van der Waals surface area contributed by atoms with Crippen LogP contribution in [0.4, 0.5) is 0 Å². The summed E-state index contributed by atoms with van der Waals surface area (Å²) in [5.74, 6) is 7.04. The van der Waals surface area contributed by atoms with Crippen LogP contribution in [0.2, 0.25) is 0 Å². The molecular formula is C27H52. The van der Waals surface area contributed by atoms with Gasteiger partial charge in [0, 0.05) is 0 Å². The molecule has 0 spiro atoms. The van der Waals surface area contributed by atoms with Gasteiger partial charge in [0.15, 0.2) is 0 Å². The average molecular weight is 377 g/mol. The minimum Gasteiger partial charge on any atom is -0.0625 e. The van der Waals surface area contributed by atoms with Gasteiger partial charge in [0.1, 0.15) is 0 Å². The Hall–Kier alpha value is 0. The summed E-state index contributed by atoms with van der Waals surface area (Å²) in [7, 11) is 0. The van der Waals surface area contributed by atoms with Crippen molar-refractivity contribution in [3.63, 3.8) is 0 Å². The molecule has 3 fully saturated rings. The Bertz CT molecular complexity index is 444. The summed E-state index contributed by atoms with van der Waals surface area (Å²) in [4.78, 5) is 0. The standard InChI is InChI=1S/C14H26.C13H26/c1-9(2)12-7-11-6-10(12)8-13(11)14(3,4)5;1-12(2,3)10-7-8-11(9-10)13(4,5)6/h9-13H,6-8H2,1-5H3;10-11H,7-9H2,1-6H3/t10-,11-,12?,13?;/m1./s1. The first-order valence-corrected chi connectivity index (χ1v) is 12.1. The van der Waals surface area contributed by atoms with E-state index in [4.69, 9.17) is 0 Å². The van der Waals surface area contributed by atoms with Crippen molar-refractivity contribution in [1.82, 2.24) is 0 Å². The van der Waals surface area contributed by atoms with Crippen LogP contribution >= 0.6 is 0 Å². The monoisotopic (exact) mass is 376 g/mol. The molecule has 27 heavy (non-hydrogen) atoms. The summed E-state index contributed by atoms with van der Waals surface area (Å²) in [6.07, 6.45) is 8.95. The second-order valence-corrected chi connectivity index (χ2v) is 14.0. The highest BCUT2D eigenvalue weighted by Crippen LogP contribution is 2.58. The molecule has 160 valence electrons. The zero-order valence-electron chi connectivity index (χ0n) is 20.8. The third kappa shape index (κ3) is 5.76. The Kier molecular flexibility index (Phi) is 6.92. The lowest BCUT2D eigenvalue weighted by Crippen LogP contribution is -2.29. The van der Waals surface area contributed by atoms with Crippen molar-refractivity contribution >= 4 is 0 Å². The van der Waals surface area contributed by atoms with Gasteiger partial charge in [0.25, 0.3) is 0 Å². The lowest BCUT2D eigenvalue weighted by molar-refractivity contribution is 0.119. The molecule has 0 saturated heterocycles. The highest BCUT2D eigenvalue weighted by molar-refractivity contribution is 4.99. The van der Waals surface area contributed by atoms with Gasteiger partial charge < -0.3 is 0 Å². The molecule has 0 aromatic heterocycles. The van der Waals surface area contributed by atoms with Gasteiger partial charge in [-0.05, 0) is 96.2 Å². The largest absolute Gasteiger partial charge is 0.0625 e. The van der Waals surface area contributed by atoms with E-state index in [9.17, 15) is 0 Å². The van der Waals surface area contributed by atoms with Crippen LogP contribution < -0.4 is 0 Å². The number of hydrogen-bond acceptors (Lipinski definition) is 0. The smallest absolute Gasteiger partial charge is 0.0334 e.